The molecule has 0 saturated carbocycles. The van der Waals surface area contributed by atoms with Crippen LogP contribution >= 0.6 is 0 Å². The third kappa shape index (κ3) is 5.38. The SMILES string of the molecule is CCNCc1cc(OC)ccc1OCCS(=O)(=O)CC. The molecule has 0 aliphatic carbocycles. The van der Waals surface area contributed by atoms with Gasteiger partial charge < -0.3 is 14.8 Å². The fraction of sp³-hybridized carbons (Fsp3) is 0.571. The number of rotatable bonds is 9. The number of methoxy groups -OCH3 is 1. The van der Waals surface area contributed by atoms with Crippen LogP contribution in [0.5, 0.6) is 11.5 Å². The second-order valence-electron chi connectivity index (χ2n) is 4.34. The van der Waals surface area contributed by atoms with Crippen LogP contribution < -0.4 is 14.8 Å². The molecule has 0 aromatic heterocycles. The van der Waals surface area contributed by atoms with Gasteiger partial charge in [-0.1, -0.05) is 13.8 Å². The normalized spacial score (nSPS) is 11.3. The molecular formula is C14H23NO4S. The molecule has 6 heteroatoms. The predicted octanol–water partition coefficient (Wildman–Crippen LogP) is 1.62. The lowest BCUT2D eigenvalue weighted by Gasteiger charge is -2.13. The monoisotopic (exact) mass is 301 g/mol. The highest BCUT2D eigenvalue weighted by atomic mass is 32.2. The van der Waals surface area contributed by atoms with E-state index in [2.05, 4.69) is 5.32 Å². The second kappa shape index (κ2) is 8.11. The quantitative estimate of drug-likeness (QED) is 0.751. The summed E-state index contributed by atoms with van der Waals surface area (Å²) in [5.41, 5.74) is 0.958. The fourth-order valence-corrected chi connectivity index (χ4v) is 2.27. The van der Waals surface area contributed by atoms with E-state index in [0.717, 1.165) is 17.9 Å². The van der Waals surface area contributed by atoms with E-state index in [1.54, 1.807) is 20.1 Å². The Hall–Kier alpha value is -1.27. The zero-order chi connectivity index (χ0) is 15.0. The van der Waals surface area contributed by atoms with E-state index in [4.69, 9.17) is 9.47 Å². The topological polar surface area (TPSA) is 64.6 Å². The third-order valence-corrected chi connectivity index (χ3v) is 4.59. The number of ether oxygens (including phenoxy) is 2. The van der Waals surface area contributed by atoms with Gasteiger partial charge in [-0.25, -0.2) is 8.42 Å². The number of nitrogens with one attached hydrogen (secondary N) is 1. The van der Waals surface area contributed by atoms with Crippen molar-refractivity contribution in [2.75, 3.05) is 31.8 Å². The molecule has 1 aromatic rings. The zero-order valence-electron chi connectivity index (χ0n) is 12.3. The average molecular weight is 301 g/mol. The van der Waals surface area contributed by atoms with Crippen molar-refractivity contribution in [1.82, 2.24) is 5.32 Å². The van der Waals surface area contributed by atoms with Crippen molar-refractivity contribution in [3.05, 3.63) is 23.8 Å². The van der Waals surface area contributed by atoms with E-state index in [-0.39, 0.29) is 18.1 Å². The van der Waals surface area contributed by atoms with E-state index < -0.39 is 9.84 Å². The van der Waals surface area contributed by atoms with Crippen LogP contribution in [0.15, 0.2) is 18.2 Å². The Morgan fingerprint density at radius 1 is 1.25 bits per heavy atom. The van der Waals surface area contributed by atoms with Crippen molar-refractivity contribution in [2.45, 2.75) is 20.4 Å². The van der Waals surface area contributed by atoms with Gasteiger partial charge in [0, 0.05) is 17.9 Å². The van der Waals surface area contributed by atoms with Crippen LogP contribution in [0.25, 0.3) is 0 Å². The molecule has 5 nitrogen and oxygen atoms in total. The van der Waals surface area contributed by atoms with Gasteiger partial charge in [0.2, 0.25) is 0 Å². The van der Waals surface area contributed by atoms with Crippen molar-refractivity contribution in [1.29, 1.82) is 0 Å². The first-order valence-electron chi connectivity index (χ1n) is 6.73. The van der Waals surface area contributed by atoms with Crippen molar-refractivity contribution in [3.63, 3.8) is 0 Å². The summed E-state index contributed by atoms with van der Waals surface area (Å²) in [5.74, 6) is 1.63. The van der Waals surface area contributed by atoms with Crippen LogP contribution in [0.2, 0.25) is 0 Å². The van der Waals surface area contributed by atoms with Gasteiger partial charge >= 0.3 is 0 Å². The molecule has 0 aliphatic rings. The van der Waals surface area contributed by atoms with Crippen LogP contribution in [0.4, 0.5) is 0 Å². The lowest BCUT2D eigenvalue weighted by molar-refractivity contribution is 0.334. The minimum Gasteiger partial charge on any atom is -0.497 e. The summed E-state index contributed by atoms with van der Waals surface area (Å²) in [6.45, 7) is 5.33. The molecule has 1 N–H and O–H groups in total. The summed E-state index contributed by atoms with van der Waals surface area (Å²) >= 11 is 0. The van der Waals surface area contributed by atoms with E-state index in [1.165, 1.54) is 0 Å². The van der Waals surface area contributed by atoms with Gasteiger partial charge in [0.05, 0.1) is 12.9 Å². The predicted molar refractivity (Wildman–Crippen MR) is 80.2 cm³/mol. The Balaban J connectivity index is 2.72. The maximum Gasteiger partial charge on any atom is 0.153 e. The van der Waals surface area contributed by atoms with E-state index in [1.807, 2.05) is 19.1 Å². The number of hydrogen-bond acceptors (Lipinski definition) is 5. The molecule has 1 rings (SSSR count). The highest BCUT2D eigenvalue weighted by Gasteiger charge is 2.10. The van der Waals surface area contributed by atoms with E-state index in [9.17, 15) is 8.42 Å². The number of sulfone groups is 1. The lowest BCUT2D eigenvalue weighted by atomic mass is 10.2. The largest absolute Gasteiger partial charge is 0.497 e. The van der Waals surface area contributed by atoms with Gasteiger partial charge in [-0.05, 0) is 24.7 Å². The lowest BCUT2D eigenvalue weighted by Crippen LogP contribution is -2.17. The standard InChI is InChI=1S/C14H23NO4S/c1-4-15-11-12-10-13(18-3)6-7-14(12)19-8-9-20(16,17)5-2/h6-7,10,15H,4-5,8-9,11H2,1-3H3. The summed E-state index contributed by atoms with van der Waals surface area (Å²) in [4.78, 5) is 0. The first-order chi connectivity index (χ1) is 9.52. The molecule has 20 heavy (non-hydrogen) atoms. The zero-order valence-corrected chi connectivity index (χ0v) is 13.1. The average Bonchev–Trinajstić information content (AvgIpc) is 2.45. The first-order valence-corrected chi connectivity index (χ1v) is 8.55. The number of hydrogen-bond donors (Lipinski definition) is 1. The highest BCUT2D eigenvalue weighted by Crippen LogP contribution is 2.24. The molecule has 0 unspecified atom stereocenters. The van der Waals surface area contributed by atoms with Gasteiger partial charge in [-0.3, -0.25) is 0 Å². The highest BCUT2D eigenvalue weighted by molar-refractivity contribution is 7.91. The summed E-state index contributed by atoms with van der Waals surface area (Å²) in [7, 11) is -1.39. The Morgan fingerprint density at radius 3 is 2.60 bits per heavy atom. The molecule has 1 aromatic carbocycles. The Kier molecular flexibility index (Phi) is 6.81. The molecule has 114 valence electrons. The van der Waals surface area contributed by atoms with Crippen molar-refractivity contribution < 1.29 is 17.9 Å². The first kappa shape index (κ1) is 16.8. The van der Waals surface area contributed by atoms with Crippen molar-refractivity contribution in [3.8, 4) is 11.5 Å². The Bertz CT molecular complexity index is 514. The summed E-state index contributed by atoms with van der Waals surface area (Å²) in [6.07, 6.45) is 0. The van der Waals surface area contributed by atoms with Crippen LogP contribution in [0, 0.1) is 0 Å². The molecule has 0 spiro atoms. The van der Waals surface area contributed by atoms with Crippen molar-refractivity contribution in [2.24, 2.45) is 0 Å². The maximum absolute atomic E-state index is 11.4. The van der Waals surface area contributed by atoms with Crippen LogP contribution in [-0.2, 0) is 16.4 Å². The van der Waals surface area contributed by atoms with Crippen LogP contribution in [0.3, 0.4) is 0 Å². The fourth-order valence-electron chi connectivity index (χ4n) is 1.64. The molecule has 0 fully saturated rings. The minimum atomic E-state index is -3.00. The molecular weight excluding hydrogens is 278 g/mol. The van der Waals surface area contributed by atoms with Gasteiger partial charge in [0.1, 0.15) is 18.1 Å². The molecule has 0 saturated heterocycles. The smallest absolute Gasteiger partial charge is 0.153 e. The molecule has 0 amide bonds. The minimum absolute atomic E-state index is 0.0379. The molecule has 0 atom stereocenters. The van der Waals surface area contributed by atoms with Crippen LogP contribution in [0.1, 0.15) is 19.4 Å². The molecule has 0 aliphatic heterocycles. The van der Waals surface area contributed by atoms with Gasteiger partial charge in [-0.2, -0.15) is 0 Å². The molecule has 0 bridgehead atoms. The summed E-state index contributed by atoms with van der Waals surface area (Å²) in [6, 6.07) is 5.51. The summed E-state index contributed by atoms with van der Waals surface area (Å²) in [5, 5.41) is 3.22. The summed E-state index contributed by atoms with van der Waals surface area (Å²) < 4.78 is 33.7. The van der Waals surface area contributed by atoms with Gasteiger partial charge in [0.25, 0.3) is 0 Å². The van der Waals surface area contributed by atoms with Crippen molar-refractivity contribution >= 4 is 9.84 Å². The van der Waals surface area contributed by atoms with Gasteiger partial charge in [-0.15, -0.1) is 0 Å². The maximum atomic E-state index is 11.4. The number of benzene rings is 1. The van der Waals surface area contributed by atoms with E-state index >= 15 is 0 Å². The molecule has 0 heterocycles. The van der Waals surface area contributed by atoms with E-state index in [0.29, 0.717) is 12.3 Å². The third-order valence-electron chi connectivity index (χ3n) is 2.92. The second-order valence-corrected chi connectivity index (χ2v) is 6.81. The Morgan fingerprint density at radius 2 is 2.00 bits per heavy atom. The van der Waals surface area contributed by atoms with Gasteiger partial charge in [0.15, 0.2) is 9.84 Å². The molecule has 0 radical (unpaired) electrons. The Labute approximate surface area is 121 Å². The van der Waals surface area contributed by atoms with Crippen LogP contribution in [-0.4, -0.2) is 40.2 Å².